The van der Waals surface area contributed by atoms with Crippen LogP contribution in [0.5, 0.6) is 0 Å². The summed E-state index contributed by atoms with van der Waals surface area (Å²) in [5.41, 5.74) is 0. The standard InChI is InChI=1S/C8H12BrN2.Mo/c1-6(2)7(3)11-5-8(9)4-10-11;/h4-5,7H,1-3H3;/q-1;. The molecule has 1 heterocycles. The zero-order chi connectivity index (χ0) is 8.43. The van der Waals surface area contributed by atoms with Gasteiger partial charge >= 0.3 is 0 Å². The van der Waals surface area contributed by atoms with E-state index < -0.39 is 0 Å². The maximum Gasteiger partial charge on any atom is 0.0631 e. The molecule has 0 radical (unpaired) electrons. The molecule has 0 saturated carbocycles. The first kappa shape index (κ1) is 12.4. The fraction of sp³-hybridized carbons (Fsp3) is 0.500. The van der Waals surface area contributed by atoms with Crippen molar-refractivity contribution in [2.24, 2.45) is 0 Å². The van der Waals surface area contributed by atoms with E-state index in [4.69, 9.17) is 0 Å². The summed E-state index contributed by atoms with van der Waals surface area (Å²) in [6.07, 6.45) is 3.79. The molecule has 0 amide bonds. The molecule has 0 aromatic carbocycles. The molecule has 1 aromatic heterocycles. The molecular weight excluding hydrogens is 300 g/mol. The molecular formula is C8H12BrMoN2-. The predicted molar refractivity (Wildman–Crippen MR) is 49.2 cm³/mol. The van der Waals surface area contributed by atoms with Gasteiger partial charge in [0.15, 0.2) is 0 Å². The predicted octanol–water partition coefficient (Wildman–Crippen LogP) is 2.82. The zero-order valence-corrected chi connectivity index (χ0v) is 11.0. The Morgan fingerprint density at radius 1 is 1.58 bits per heavy atom. The summed E-state index contributed by atoms with van der Waals surface area (Å²) in [6, 6.07) is 0.390. The van der Waals surface area contributed by atoms with E-state index in [1.807, 2.05) is 10.9 Å². The molecule has 0 saturated heterocycles. The maximum atomic E-state index is 4.19. The number of rotatable bonds is 2. The van der Waals surface area contributed by atoms with Gasteiger partial charge in [0, 0.05) is 27.3 Å². The van der Waals surface area contributed by atoms with Crippen molar-refractivity contribution in [1.82, 2.24) is 9.78 Å². The van der Waals surface area contributed by atoms with Gasteiger partial charge in [-0.2, -0.15) is 18.9 Å². The SMILES string of the molecule is C[C-](C)C(C)n1cc(Br)cn1.[Mo]. The third kappa shape index (κ3) is 3.02. The molecule has 1 atom stereocenters. The van der Waals surface area contributed by atoms with Crippen LogP contribution in [0, 0.1) is 5.92 Å². The van der Waals surface area contributed by atoms with Crippen LogP contribution in [-0.4, -0.2) is 9.78 Å². The van der Waals surface area contributed by atoms with E-state index in [9.17, 15) is 0 Å². The van der Waals surface area contributed by atoms with Crippen molar-refractivity contribution in [2.75, 3.05) is 0 Å². The quantitative estimate of drug-likeness (QED) is 0.606. The normalized spacial score (nSPS) is 12.8. The largest absolute Gasteiger partial charge is 0.299 e. The van der Waals surface area contributed by atoms with Gasteiger partial charge in [-0.25, -0.2) is 0 Å². The van der Waals surface area contributed by atoms with E-state index in [1.54, 1.807) is 6.20 Å². The van der Waals surface area contributed by atoms with E-state index >= 15 is 0 Å². The minimum atomic E-state index is 0. The molecule has 1 unspecified atom stereocenters. The molecule has 0 N–H and O–H groups in total. The summed E-state index contributed by atoms with van der Waals surface area (Å²) in [5, 5.41) is 4.19. The van der Waals surface area contributed by atoms with Gasteiger partial charge in [0.05, 0.1) is 10.7 Å². The van der Waals surface area contributed by atoms with Crippen LogP contribution in [-0.2, 0) is 21.1 Å². The molecule has 0 spiro atoms. The van der Waals surface area contributed by atoms with Crippen molar-refractivity contribution >= 4 is 15.9 Å². The summed E-state index contributed by atoms with van der Waals surface area (Å²) in [4.78, 5) is 0. The average molecular weight is 312 g/mol. The van der Waals surface area contributed by atoms with Crippen LogP contribution in [0.3, 0.4) is 0 Å². The smallest absolute Gasteiger partial charge is 0.0631 e. The van der Waals surface area contributed by atoms with E-state index in [2.05, 4.69) is 41.8 Å². The second kappa shape index (κ2) is 5.18. The van der Waals surface area contributed by atoms with E-state index in [1.165, 1.54) is 5.92 Å². The van der Waals surface area contributed by atoms with Crippen molar-refractivity contribution in [3.63, 3.8) is 0 Å². The number of halogens is 1. The van der Waals surface area contributed by atoms with Crippen LogP contribution in [0.4, 0.5) is 0 Å². The van der Waals surface area contributed by atoms with Crippen LogP contribution >= 0.6 is 15.9 Å². The van der Waals surface area contributed by atoms with Crippen molar-refractivity contribution in [3.8, 4) is 0 Å². The van der Waals surface area contributed by atoms with Crippen LogP contribution in [0.15, 0.2) is 16.9 Å². The Hall–Kier alpha value is 0.378. The van der Waals surface area contributed by atoms with Crippen LogP contribution in [0.2, 0.25) is 0 Å². The molecule has 0 aliphatic rings. The monoisotopic (exact) mass is 313 g/mol. The summed E-state index contributed by atoms with van der Waals surface area (Å²) >= 11 is 3.36. The van der Waals surface area contributed by atoms with Crippen LogP contribution < -0.4 is 0 Å². The second-order valence-electron chi connectivity index (χ2n) is 2.89. The molecule has 1 aromatic rings. The fourth-order valence-electron chi connectivity index (χ4n) is 0.791. The van der Waals surface area contributed by atoms with Crippen molar-refractivity contribution < 1.29 is 21.1 Å². The fourth-order valence-corrected chi connectivity index (χ4v) is 1.09. The van der Waals surface area contributed by atoms with Crippen molar-refractivity contribution in [2.45, 2.75) is 26.8 Å². The molecule has 0 aliphatic carbocycles. The summed E-state index contributed by atoms with van der Waals surface area (Å²) in [6.45, 7) is 6.36. The zero-order valence-electron chi connectivity index (χ0n) is 7.41. The molecule has 0 fully saturated rings. The van der Waals surface area contributed by atoms with E-state index in [-0.39, 0.29) is 21.1 Å². The minimum absolute atomic E-state index is 0. The Labute approximate surface area is 96.1 Å². The summed E-state index contributed by atoms with van der Waals surface area (Å²) in [7, 11) is 0. The molecule has 0 aliphatic heterocycles. The molecule has 68 valence electrons. The minimum Gasteiger partial charge on any atom is -0.299 e. The maximum absolute atomic E-state index is 4.19. The Bertz CT molecular complexity index is 235. The average Bonchev–Trinajstić information content (AvgIpc) is 2.34. The van der Waals surface area contributed by atoms with Crippen molar-refractivity contribution in [3.05, 3.63) is 22.8 Å². The van der Waals surface area contributed by atoms with Crippen LogP contribution in [0.1, 0.15) is 26.8 Å². The van der Waals surface area contributed by atoms with E-state index in [0.29, 0.717) is 6.04 Å². The molecule has 2 nitrogen and oxygen atoms in total. The van der Waals surface area contributed by atoms with Crippen molar-refractivity contribution in [1.29, 1.82) is 0 Å². The van der Waals surface area contributed by atoms with E-state index in [0.717, 1.165) is 4.47 Å². The number of hydrogen-bond donors (Lipinski definition) is 0. The molecule has 4 heteroatoms. The third-order valence-electron chi connectivity index (χ3n) is 1.80. The first-order valence-corrected chi connectivity index (χ1v) is 4.40. The van der Waals surface area contributed by atoms with Gasteiger partial charge in [0.1, 0.15) is 0 Å². The topological polar surface area (TPSA) is 17.8 Å². The Morgan fingerprint density at radius 3 is 2.50 bits per heavy atom. The second-order valence-corrected chi connectivity index (χ2v) is 3.81. The molecule has 12 heavy (non-hydrogen) atoms. The molecule has 0 bridgehead atoms. The Balaban J connectivity index is 0.00000121. The molecule has 1 rings (SSSR count). The number of aromatic nitrogens is 2. The third-order valence-corrected chi connectivity index (χ3v) is 2.21. The first-order chi connectivity index (χ1) is 5.11. The van der Waals surface area contributed by atoms with Crippen LogP contribution in [0.25, 0.3) is 0 Å². The Morgan fingerprint density at radius 2 is 2.17 bits per heavy atom. The van der Waals surface area contributed by atoms with Gasteiger partial charge in [-0.15, -0.1) is 0 Å². The van der Waals surface area contributed by atoms with Gasteiger partial charge in [0.25, 0.3) is 0 Å². The first-order valence-electron chi connectivity index (χ1n) is 3.61. The summed E-state index contributed by atoms with van der Waals surface area (Å²) in [5.74, 6) is 1.36. The van der Waals surface area contributed by atoms with Gasteiger partial charge in [-0.05, 0) is 15.9 Å². The Kier molecular flexibility index (Phi) is 5.35. The van der Waals surface area contributed by atoms with Gasteiger partial charge in [-0.3, -0.25) is 10.6 Å². The van der Waals surface area contributed by atoms with Gasteiger partial charge in [-0.1, -0.05) is 13.0 Å². The summed E-state index contributed by atoms with van der Waals surface area (Å²) < 4.78 is 2.98. The van der Waals surface area contributed by atoms with Gasteiger partial charge in [0.2, 0.25) is 0 Å². The van der Waals surface area contributed by atoms with Gasteiger partial charge < -0.3 is 0 Å². The number of hydrogen-bond acceptors (Lipinski definition) is 1. The number of nitrogens with zero attached hydrogens (tertiary/aromatic N) is 2.